The van der Waals surface area contributed by atoms with Crippen LogP contribution in [0.2, 0.25) is 0 Å². The first-order valence-corrected chi connectivity index (χ1v) is 20.7. The van der Waals surface area contributed by atoms with Gasteiger partial charge in [-0.15, -0.1) is 0 Å². The smallest absolute Gasteiger partial charge is 0.103 e. The molecule has 0 atom stereocenters. The molecule has 286 valence electrons. The fourth-order valence-corrected chi connectivity index (χ4v) is 10.3. The lowest BCUT2D eigenvalue weighted by Crippen LogP contribution is -2.05. The molecule has 0 spiro atoms. The molecule has 0 bridgehead atoms. The van der Waals surface area contributed by atoms with Gasteiger partial charge in [-0.1, -0.05) is 109 Å². The lowest BCUT2D eigenvalue weighted by Gasteiger charge is -2.16. The Morgan fingerprint density at radius 3 is 0.887 bits per heavy atom. The first-order chi connectivity index (χ1) is 30.7. The predicted molar refractivity (Wildman–Crippen MR) is 253 cm³/mol. The fourth-order valence-electron chi connectivity index (χ4n) is 10.3. The van der Waals surface area contributed by atoms with Gasteiger partial charge >= 0.3 is 0 Å². The molecule has 0 radical (unpaired) electrons. The van der Waals surface area contributed by atoms with Crippen LogP contribution in [0.3, 0.4) is 0 Å². The highest BCUT2D eigenvalue weighted by Crippen LogP contribution is 2.43. The molecule has 0 aliphatic carbocycles. The lowest BCUT2D eigenvalue weighted by atomic mass is 10.0. The van der Waals surface area contributed by atoms with Gasteiger partial charge in [0.25, 0.3) is 0 Å². The second kappa shape index (κ2) is 12.8. The zero-order chi connectivity index (χ0) is 41.1. The van der Waals surface area contributed by atoms with Crippen LogP contribution in [-0.2, 0) is 0 Å². The van der Waals surface area contributed by atoms with Crippen LogP contribution in [0.4, 0.5) is 0 Å². The van der Waals surface area contributed by atoms with Gasteiger partial charge in [0.05, 0.1) is 66.6 Å². The summed E-state index contributed by atoms with van der Waals surface area (Å²) in [7, 11) is 0. The van der Waals surface area contributed by atoms with Gasteiger partial charge in [-0.05, 0) is 84.9 Å². The molecule has 0 aliphatic rings. The maximum Gasteiger partial charge on any atom is 0.103 e. The summed E-state index contributed by atoms with van der Waals surface area (Å²) in [4.78, 5) is 0. The summed E-state index contributed by atoms with van der Waals surface area (Å²) in [5.74, 6) is 0. The summed E-state index contributed by atoms with van der Waals surface area (Å²) < 4.78 is 8.98. The molecule has 0 saturated carbocycles. The molecule has 0 amide bonds. The van der Waals surface area contributed by atoms with E-state index in [9.17, 15) is 10.5 Å². The fraction of sp³-hybridized carbons (Fsp3) is 0. The SMILES string of the molecule is N#Cc1c(-n2c3ccccc3c3cc4c5ccccc5n(-c5ccccc5)c4cc32)ccc(-n2c3ccccc3c3cc4c5ccccc5n(-c5ccccc5)c4cc32)c1C#N. The number of hydrogen-bond donors (Lipinski definition) is 0. The van der Waals surface area contributed by atoms with E-state index in [1.54, 1.807) is 0 Å². The van der Waals surface area contributed by atoms with Crippen molar-refractivity contribution in [2.24, 2.45) is 0 Å². The van der Waals surface area contributed by atoms with Crippen molar-refractivity contribution in [3.8, 4) is 34.9 Å². The van der Waals surface area contributed by atoms with Crippen molar-refractivity contribution in [2.45, 2.75) is 0 Å². The van der Waals surface area contributed by atoms with Gasteiger partial charge in [-0.25, -0.2) is 0 Å². The Morgan fingerprint density at radius 2 is 0.548 bits per heavy atom. The second-order valence-corrected chi connectivity index (χ2v) is 15.9. The summed E-state index contributed by atoms with van der Waals surface area (Å²) in [6.45, 7) is 0. The summed E-state index contributed by atoms with van der Waals surface area (Å²) in [5.41, 5.74) is 12.3. The van der Waals surface area contributed by atoms with Crippen LogP contribution in [0, 0.1) is 22.7 Å². The van der Waals surface area contributed by atoms with Gasteiger partial charge in [0, 0.05) is 54.5 Å². The monoisotopic (exact) mass is 788 g/mol. The topological polar surface area (TPSA) is 67.3 Å². The normalized spacial score (nSPS) is 11.8. The van der Waals surface area contributed by atoms with E-state index in [0.717, 1.165) is 87.8 Å². The van der Waals surface area contributed by atoms with Gasteiger partial charge < -0.3 is 18.3 Å². The van der Waals surface area contributed by atoms with Crippen LogP contribution < -0.4 is 0 Å². The summed E-state index contributed by atoms with van der Waals surface area (Å²) >= 11 is 0. The number of fused-ring (bicyclic) bond motifs is 12. The number of para-hydroxylation sites is 6. The maximum atomic E-state index is 11.2. The van der Waals surface area contributed by atoms with Crippen molar-refractivity contribution < 1.29 is 0 Å². The Kier molecular flexibility index (Phi) is 7.05. The molecule has 0 fully saturated rings. The third-order valence-corrected chi connectivity index (χ3v) is 12.8. The molecular weight excluding hydrogens is 757 g/mol. The summed E-state index contributed by atoms with van der Waals surface area (Å²) in [6, 6.07) is 72.9. The number of aromatic nitrogens is 4. The van der Waals surface area contributed by atoms with Gasteiger partial charge in [-0.2, -0.15) is 10.5 Å². The largest absolute Gasteiger partial charge is 0.309 e. The lowest BCUT2D eigenvalue weighted by molar-refractivity contribution is 1.12. The predicted octanol–water partition coefficient (Wildman–Crippen LogP) is 13.8. The van der Waals surface area contributed by atoms with Crippen molar-refractivity contribution in [1.29, 1.82) is 10.5 Å². The maximum absolute atomic E-state index is 11.2. The molecule has 0 unspecified atom stereocenters. The quantitative estimate of drug-likeness (QED) is 0.178. The highest BCUT2D eigenvalue weighted by atomic mass is 15.0. The number of benzene rings is 9. The molecule has 13 rings (SSSR count). The van der Waals surface area contributed by atoms with Crippen LogP contribution in [0.1, 0.15) is 11.1 Å². The Labute approximate surface area is 354 Å². The molecule has 0 aliphatic heterocycles. The Morgan fingerprint density at radius 1 is 0.258 bits per heavy atom. The van der Waals surface area contributed by atoms with Crippen molar-refractivity contribution in [2.75, 3.05) is 0 Å². The minimum Gasteiger partial charge on any atom is -0.309 e. The third-order valence-electron chi connectivity index (χ3n) is 12.8. The molecule has 4 aromatic heterocycles. The van der Waals surface area contributed by atoms with Crippen LogP contribution >= 0.6 is 0 Å². The molecule has 4 heterocycles. The highest BCUT2D eigenvalue weighted by Gasteiger charge is 2.25. The van der Waals surface area contributed by atoms with Gasteiger partial charge in [-0.3, -0.25) is 0 Å². The van der Waals surface area contributed by atoms with E-state index in [2.05, 4.69) is 188 Å². The minimum atomic E-state index is 0.321. The molecular formula is C56H32N6. The average Bonchev–Trinajstić information content (AvgIpc) is 4.04. The van der Waals surface area contributed by atoms with Crippen molar-refractivity contribution >= 4 is 87.2 Å². The molecule has 0 saturated heterocycles. The standard InChI is InChI=1S/C56H32N6/c57-33-45-46(34-58)52(62-50-26-14-10-22-40(50)44-30-42-38-20-8-12-24-48(38)60(54(42)32-56(44)62)36-17-5-2-6-18-36)28-27-51(45)61-49-25-13-9-21-39(49)43-29-41-37-19-7-11-23-47(37)59(53(41)31-55(43)61)35-15-3-1-4-16-35/h1-32H. The van der Waals surface area contributed by atoms with E-state index in [1.807, 2.05) is 36.4 Å². The van der Waals surface area contributed by atoms with Gasteiger partial charge in [0.1, 0.15) is 12.1 Å². The molecule has 13 aromatic rings. The van der Waals surface area contributed by atoms with E-state index in [0.29, 0.717) is 22.5 Å². The highest BCUT2D eigenvalue weighted by molar-refractivity contribution is 6.21. The van der Waals surface area contributed by atoms with Crippen LogP contribution in [0.25, 0.3) is 110 Å². The second-order valence-electron chi connectivity index (χ2n) is 15.9. The minimum absolute atomic E-state index is 0.321. The van der Waals surface area contributed by atoms with Crippen molar-refractivity contribution in [3.63, 3.8) is 0 Å². The number of nitrogens with zero attached hydrogens (tertiary/aromatic N) is 6. The Balaban J connectivity index is 1.11. The summed E-state index contributed by atoms with van der Waals surface area (Å²) in [6.07, 6.45) is 0. The number of hydrogen-bond acceptors (Lipinski definition) is 2. The number of nitriles is 2. The average molecular weight is 789 g/mol. The van der Waals surface area contributed by atoms with Crippen LogP contribution in [0.5, 0.6) is 0 Å². The molecule has 9 aromatic carbocycles. The molecule has 6 heteroatoms. The zero-order valence-corrected chi connectivity index (χ0v) is 33.2. The Hall–Kier alpha value is -8.84. The Bertz CT molecular complexity index is 3840. The molecule has 62 heavy (non-hydrogen) atoms. The molecule has 0 N–H and O–H groups in total. The first-order valence-electron chi connectivity index (χ1n) is 20.7. The third kappa shape index (κ3) is 4.55. The van der Waals surface area contributed by atoms with Crippen LogP contribution in [0.15, 0.2) is 194 Å². The van der Waals surface area contributed by atoms with E-state index in [1.165, 1.54) is 10.8 Å². The van der Waals surface area contributed by atoms with E-state index in [4.69, 9.17) is 0 Å². The zero-order valence-electron chi connectivity index (χ0n) is 33.2. The van der Waals surface area contributed by atoms with E-state index in [-0.39, 0.29) is 0 Å². The van der Waals surface area contributed by atoms with Gasteiger partial charge in [0.15, 0.2) is 0 Å². The number of rotatable bonds is 4. The van der Waals surface area contributed by atoms with E-state index < -0.39 is 0 Å². The van der Waals surface area contributed by atoms with E-state index >= 15 is 0 Å². The summed E-state index contributed by atoms with van der Waals surface area (Å²) in [5, 5.41) is 31.4. The van der Waals surface area contributed by atoms with Crippen molar-refractivity contribution in [1.82, 2.24) is 18.3 Å². The molecule has 6 nitrogen and oxygen atoms in total. The van der Waals surface area contributed by atoms with Gasteiger partial charge in [0.2, 0.25) is 0 Å². The van der Waals surface area contributed by atoms with Crippen molar-refractivity contribution in [3.05, 3.63) is 205 Å². The van der Waals surface area contributed by atoms with Crippen LogP contribution in [-0.4, -0.2) is 18.3 Å². The first kappa shape index (κ1) is 34.1.